The van der Waals surface area contributed by atoms with Gasteiger partial charge in [-0.25, -0.2) is 22.1 Å². The van der Waals surface area contributed by atoms with Crippen LogP contribution in [-0.4, -0.2) is 54.6 Å². The minimum absolute atomic E-state index is 0.0611. The van der Waals surface area contributed by atoms with Crippen LogP contribution in [0.4, 0.5) is 5.69 Å². The Morgan fingerprint density at radius 2 is 1.94 bits per heavy atom. The van der Waals surface area contributed by atoms with Gasteiger partial charge in [0, 0.05) is 26.6 Å². The molecule has 0 bridgehead atoms. The van der Waals surface area contributed by atoms with E-state index in [-0.39, 0.29) is 27.8 Å². The van der Waals surface area contributed by atoms with Crippen molar-refractivity contribution in [2.75, 3.05) is 26.0 Å². The summed E-state index contributed by atoms with van der Waals surface area (Å²) in [6, 6.07) is 7.25. The van der Waals surface area contributed by atoms with Crippen LogP contribution in [0.1, 0.15) is 39.4 Å². The number of phenolic OH excluding ortho intramolecular Hbond substituents is 1. The number of hydrogen-bond donors (Lipinski definition) is 4. The summed E-state index contributed by atoms with van der Waals surface area (Å²) in [7, 11) is -1.17. The number of sulfonamides is 1. The van der Waals surface area contributed by atoms with Crippen LogP contribution in [0.2, 0.25) is 5.22 Å². The third-order valence-electron chi connectivity index (χ3n) is 5.23. The lowest BCUT2D eigenvalue weighted by Gasteiger charge is -2.31. The predicted octanol–water partition coefficient (Wildman–Crippen LogP) is 3.04. The smallest absolute Gasteiger partial charge is 0.246 e. The van der Waals surface area contributed by atoms with Gasteiger partial charge in [-0.3, -0.25) is 0 Å². The number of halogens is 1. The molecule has 5 N–H and O–H groups in total. The number of aromatic hydroxyl groups is 1. The molecule has 34 heavy (non-hydrogen) atoms. The molecule has 0 aliphatic carbocycles. The zero-order chi connectivity index (χ0) is 25.8. The second kappa shape index (κ2) is 11.2. The first-order chi connectivity index (χ1) is 15.6. The van der Waals surface area contributed by atoms with Gasteiger partial charge in [0.1, 0.15) is 16.5 Å². The van der Waals surface area contributed by atoms with E-state index in [4.69, 9.17) is 21.2 Å². The van der Waals surface area contributed by atoms with Gasteiger partial charge >= 0.3 is 0 Å². The Hall–Kier alpha value is -1.96. The third kappa shape index (κ3) is 7.03. The first-order valence-electron chi connectivity index (χ1n) is 10.4. The largest absolute Gasteiger partial charge is 0.504 e. The molecule has 1 aromatic carbocycles. The van der Waals surface area contributed by atoms with Crippen LogP contribution in [0.25, 0.3) is 0 Å². The lowest BCUT2D eigenvalue weighted by atomic mass is 9.79. The standard InChI is InChI=1S/C21H32ClN5O5S2/c1-13(24-12-14(21(2,3)4)16-10-11-18(22)32-16)20(26-33(23)29)25-15-8-7-9-17(19(15)28)34(30,31)27(5)6/h7-11,13-14,24,28H,12,23H2,1-6H3,(H,25,26)/t13?,14-,33?/m0/s1. The molecule has 0 saturated carbocycles. The number of nitrogens with one attached hydrogen (secondary N) is 2. The molecule has 2 rings (SSSR count). The Balaban J connectivity index is 2.31. The number of hydrogen-bond acceptors (Lipinski definition) is 6. The fourth-order valence-corrected chi connectivity index (χ4v) is 4.76. The zero-order valence-electron chi connectivity index (χ0n) is 20.0. The van der Waals surface area contributed by atoms with E-state index in [0.717, 1.165) is 4.31 Å². The van der Waals surface area contributed by atoms with E-state index in [9.17, 15) is 17.7 Å². The number of benzene rings is 1. The number of rotatable bonds is 9. The molecular weight excluding hydrogens is 502 g/mol. The van der Waals surface area contributed by atoms with Crippen molar-refractivity contribution < 1.29 is 22.2 Å². The first kappa shape index (κ1) is 28.3. The fraction of sp³-hybridized carbons (Fsp3) is 0.476. The highest BCUT2D eigenvalue weighted by molar-refractivity contribution is 7.89. The van der Waals surface area contributed by atoms with E-state index in [1.165, 1.54) is 32.3 Å². The van der Waals surface area contributed by atoms with E-state index in [2.05, 4.69) is 35.8 Å². The number of nitrogens with two attached hydrogens (primary N) is 1. The van der Waals surface area contributed by atoms with Crippen LogP contribution in [0.5, 0.6) is 5.75 Å². The molecule has 1 heterocycles. The molecule has 0 fully saturated rings. The van der Waals surface area contributed by atoms with Gasteiger partial charge in [-0.05, 0) is 48.2 Å². The maximum absolute atomic E-state index is 12.5. The van der Waals surface area contributed by atoms with Crippen LogP contribution in [0, 0.1) is 5.41 Å². The van der Waals surface area contributed by atoms with Gasteiger partial charge in [-0.2, -0.15) is 4.40 Å². The average Bonchev–Trinajstić information content (AvgIpc) is 3.13. The van der Waals surface area contributed by atoms with Crippen molar-refractivity contribution in [3.8, 4) is 5.75 Å². The highest BCUT2D eigenvalue weighted by atomic mass is 35.5. The van der Waals surface area contributed by atoms with Gasteiger partial charge < -0.3 is 20.2 Å². The molecular formula is C21H32ClN5O5S2. The zero-order valence-corrected chi connectivity index (χ0v) is 22.4. The highest BCUT2D eigenvalue weighted by Crippen LogP contribution is 2.36. The van der Waals surface area contributed by atoms with Crippen LogP contribution in [-0.2, 0) is 21.2 Å². The van der Waals surface area contributed by atoms with Crippen molar-refractivity contribution in [2.24, 2.45) is 15.0 Å². The molecule has 3 atom stereocenters. The molecule has 1 aromatic heterocycles. The SMILES string of the molecule is CC(NC[C@@H](c1ccc(Cl)o1)C(C)(C)C)C(=NS(N)=O)Nc1cccc(S(=O)(=O)N(C)C)c1O. The van der Waals surface area contributed by atoms with E-state index in [1.807, 2.05) is 6.07 Å². The Morgan fingerprint density at radius 3 is 2.44 bits per heavy atom. The Labute approximate surface area is 208 Å². The van der Waals surface area contributed by atoms with Gasteiger partial charge in [0.15, 0.2) is 11.0 Å². The summed E-state index contributed by atoms with van der Waals surface area (Å²) < 4.78 is 47.3. The summed E-state index contributed by atoms with van der Waals surface area (Å²) in [6.07, 6.45) is 0. The predicted molar refractivity (Wildman–Crippen MR) is 136 cm³/mol. The quantitative estimate of drug-likeness (QED) is 0.220. The lowest BCUT2D eigenvalue weighted by Crippen LogP contribution is -2.42. The molecule has 2 aromatic rings. The minimum atomic E-state index is -3.89. The summed E-state index contributed by atoms with van der Waals surface area (Å²) in [5.74, 6) is 0.316. The monoisotopic (exact) mass is 533 g/mol. The third-order valence-corrected chi connectivity index (χ3v) is 7.66. The van der Waals surface area contributed by atoms with Crippen LogP contribution in [0.15, 0.2) is 44.0 Å². The molecule has 13 heteroatoms. The number of furan rings is 1. The van der Waals surface area contributed by atoms with Crippen molar-refractivity contribution in [1.82, 2.24) is 9.62 Å². The summed E-state index contributed by atoms with van der Waals surface area (Å²) in [6.45, 7) is 8.42. The van der Waals surface area contributed by atoms with E-state index < -0.39 is 33.0 Å². The second-order valence-electron chi connectivity index (χ2n) is 9.01. The van der Waals surface area contributed by atoms with E-state index in [0.29, 0.717) is 17.5 Å². The summed E-state index contributed by atoms with van der Waals surface area (Å²) in [5, 5.41) is 22.5. The minimum Gasteiger partial charge on any atom is -0.504 e. The summed E-state index contributed by atoms with van der Waals surface area (Å²) in [5.41, 5.74) is -0.103. The molecule has 0 spiro atoms. The normalized spacial score (nSPS) is 15.9. The average molecular weight is 534 g/mol. The van der Waals surface area contributed by atoms with Gasteiger partial charge in [-0.1, -0.05) is 26.8 Å². The second-order valence-corrected chi connectivity index (χ2v) is 12.2. The molecule has 0 saturated heterocycles. The Morgan fingerprint density at radius 1 is 1.29 bits per heavy atom. The highest BCUT2D eigenvalue weighted by Gasteiger charge is 2.30. The topological polar surface area (TPSA) is 150 Å². The lowest BCUT2D eigenvalue weighted by molar-refractivity contribution is 0.269. The summed E-state index contributed by atoms with van der Waals surface area (Å²) in [4.78, 5) is -0.279. The van der Waals surface area contributed by atoms with Crippen LogP contribution < -0.4 is 15.8 Å². The molecule has 0 aliphatic heterocycles. The Kier molecular flexibility index (Phi) is 9.30. The van der Waals surface area contributed by atoms with Crippen molar-refractivity contribution in [2.45, 2.75) is 44.6 Å². The van der Waals surface area contributed by atoms with Gasteiger partial charge in [0.25, 0.3) is 0 Å². The van der Waals surface area contributed by atoms with Gasteiger partial charge in [-0.15, -0.1) is 0 Å². The maximum atomic E-state index is 12.5. The Bertz CT molecular complexity index is 1160. The number of phenols is 1. The van der Waals surface area contributed by atoms with Gasteiger partial charge in [0.05, 0.1) is 11.7 Å². The van der Waals surface area contributed by atoms with Crippen molar-refractivity contribution >= 4 is 44.3 Å². The number of para-hydroxylation sites is 1. The van der Waals surface area contributed by atoms with E-state index in [1.54, 1.807) is 13.0 Å². The number of anilines is 1. The van der Waals surface area contributed by atoms with Gasteiger partial charge in [0.2, 0.25) is 21.2 Å². The number of amidine groups is 1. The molecule has 0 amide bonds. The van der Waals surface area contributed by atoms with Crippen molar-refractivity contribution in [1.29, 1.82) is 0 Å². The summed E-state index contributed by atoms with van der Waals surface area (Å²) >= 11 is 3.91. The molecule has 0 radical (unpaired) electrons. The maximum Gasteiger partial charge on any atom is 0.246 e. The van der Waals surface area contributed by atoms with Crippen LogP contribution in [0.3, 0.4) is 0 Å². The molecule has 190 valence electrons. The molecule has 0 aliphatic rings. The van der Waals surface area contributed by atoms with Crippen molar-refractivity contribution in [3.05, 3.63) is 41.3 Å². The van der Waals surface area contributed by atoms with Crippen molar-refractivity contribution in [3.63, 3.8) is 0 Å². The first-order valence-corrected chi connectivity index (χ1v) is 13.4. The number of nitrogens with zero attached hydrogens (tertiary/aromatic N) is 2. The fourth-order valence-electron chi connectivity index (χ4n) is 3.21. The van der Waals surface area contributed by atoms with Crippen LogP contribution >= 0.6 is 11.6 Å². The molecule has 2 unspecified atom stereocenters. The van der Waals surface area contributed by atoms with E-state index >= 15 is 0 Å². The molecule has 10 nitrogen and oxygen atoms in total.